The highest BCUT2D eigenvalue weighted by molar-refractivity contribution is 5.78. The first-order chi connectivity index (χ1) is 11.1. The van der Waals surface area contributed by atoms with Crippen molar-refractivity contribution in [2.45, 2.75) is 32.3 Å². The molecule has 0 unspecified atom stereocenters. The first-order valence-corrected chi connectivity index (χ1v) is 8.04. The number of carbonyl (C=O) groups excluding carboxylic acids is 1. The SMILES string of the molecule is CNCCC1CCN(C(=O)Cc2ccc(OC(F)F)cc2)CC1. The summed E-state index contributed by atoms with van der Waals surface area (Å²) in [6.07, 6.45) is 3.56. The molecular formula is C17H24F2N2O2. The molecule has 0 bridgehead atoms. The summed E-state index contributed by atoms with van der Waals surface area (Å²) in [5.74, 6) is 0.901. The van der Waals surface area contributed by atoms with Crippen LogP contribution in [-0.4, -0.2) is 44.1 Å². The third kappa shape index (κ3) is 5.78. The second-order valence-electron chi connectivity index (χ2n) is 5.92. The molecule has 0 aromatic heterocycles. The number of ether oxygens (including phenoxy) is 1. The number of alkyl halides is 2. The van der Waals surface area contributed by atoms with Gasteiger partial charge in [0.05, 0.1) is 6.42 Å². The number of benzene rings is 1. The van der Waals surface area contributed by atoms with E-state index in [1.54, 1.807) is 12.1 Å². The quantitative estimate of drug-likeness (QED) is 0.838. The first kappa shape index (κ1) is 17.7. The number of likely N-dealkylation sites (tertiary alicyclic amines) is 1. The highest BCUT2D eigenvalue weighted by Gasteiger charge is 2.22. The lowest BCUT2D eigenvalue weighted by Crippen LogP contribution is -2.39. The Labute approximate surface area is 135 Å². The van der Waals surface area contributed by atoms with Crippen LogP contribution in [0, 0.1) is 5.92 Å². The third-order valence-corrected chi connectivity index (χ3v) is 4.27. The molecule has 1 aliphatic rings. The Morgan fingerprint density at radius 3 is 2.52 bits per heavy atom. The van der Waals surface area contributed by atoms with E-state index in [0.717, 1.165) is 44.5 Å². The molecule has 1 amide bonds. The minimum absolute atomic E-state index is 0.0968. The van der Waals surface area contributed by atoms with Crippen LogP contribution in [0.2, 0.25) is 0 Å². The number of nitrogens with one attached hydrogen (secondary N) is 1. The average Bonchev–Trinajstić information content (AvgIpc) is 2.54. The second-order valence-corrected chi connectivity index (χ2v) is 5.92. The van der Waals surface area contributed by atoms with Crippen LogP contribution in [-0.2, 0) is 11.2 Å². The number of hydrogen-bond donors (Lipinski definition) is 1. The Bertz CT molecular complexity index is 486. The van der Waals surface area contributed by atoms with Crippen molar-refractivity contribution in [3.63, 3.8) is 0 Å². The van der Waals surface area contributed by atoms with Crippen LogP contribution in [0.3, 0.4) is 0 Å². The molecule has 0 aliphatic carbocycles. The van der Waals surface area contributed by atoms with Gasteiger partial charge in [-0.25, -0.2) is 0 Å². The van der Waals surface area contributed by atoms with Crippen LogP contribution in [0.4, 0.5) is 8.78 Å². The first-order valence-electron chi connectivity index (χ1n) is 8.04. The lowest BCUT2D eigenvalue weighted by molar-refractivity contribution is -0.131. The molecule has 1 N–H and O–H groups in total. The van der Waals surface area contributed by atoms with Crippen LogP contribution in [0.15, 0.2) is 24.3 Å². The molecule has 23 heavy (non-hydrogen) atoms. The molecule has 0 saturated carbocycles. The van der Waals surface area contributed by atoms with Crippen molar-refractivity contribution in [1.29, 1.82) is 0 Å². The van der Waals surface area contributed by atoms with Gasteiger partial charge in [0.1, 0.15) is 5.75 Å². The van der Waals surface area contributed by atoms with Gasteiger partial charge in [-0.1, -0.05) is 12.1 Å². The smallest absolute Gasteiger partial charge is 0.387 e. The van der Waals surface area contributed by atoms with Gasteiger partial charge in [0.25, 0.3) is 0 Å². The zero-order valence-corrected chi connectivity index (χ0v) is 13.4. The molecule has 4 nitrogen and oxygen atoms in total. The molecule has 2 rings (SSSR count). The van der Waals surface area contributed by atoms with Crippen molar-refractivity contribution in [2.24, 2.45) is 5.92 Å². The van der Waals surface area contributed by atoms with E-state index in [2.05, 4.69) is 10.1 Å². The zero-order valence-electron chi connectivity index (χ0n) is 13.4. The van der Waals surface area contributed by atoms with Gasteiger partial charge in [-0.05, 0) is 56.5 Å². The normalized spacial score (nSPS) is 15.9. The third-order valence-electron chi connectivity index (χ3n) is 4.27. The predicted octanol–water partition coefficient (Wildman–Crippen LogP) is 2.68. The van der Waals surface area contributed by atoms with Crippen molar-refractivity contribution in [3.8, 4) is 5.75 Å². The van der Waals surface area contributed by atoms with Crippen molar-refractivity contribution in [1.82, 2.24) is 10.2 Å². The van der Waals surface area contributed by atoms with E-state index in [1.807, 2.05) is 11.9 Å². The molecular weight excluding hydrogens is 302 g/mol. The van der Waals surface area contributed by atoms with E-state index in [9.17, 15) is 13.6 Å². The van der Waals surface area contributed by atoms with Crippen LogP contribution in [0.5, 0.6) is 5.75 Å². The summed E-state index contributed by atoms with van der Waals surface area (Å²) in [6, 6.07) is 6.27. The molecule has 1 aliphatic heterocycles. The van der Waals surface area contributed by atoms with E-state index in [0.29, 0.717) is 12.3 Å². The van der Waals surface area contributed by atoms with Crippen molar-refractivity contribution in [3.05, 3.63) is 29.8 Å². The van der Waals surface area contributed by atoms with Crippen LogP contribution >= 0.6 is 0 Å². The van der Waals surface area contributed by atoms with Gasteiger partial charge in [0.15, 0.2) is 0 Å². The van der Waals surface area contributed by atoms with Gasteiger partial charge >= 0.3 is 6.61 Å². The summed E-state index contributed by atoms with van der Waals surface area (Å²) in [5.41, 5.74) is 0.814. The van der Waals surface area contributed by atoms with Gasteiger partial charge in [-0.3, -0.25) is 4.79 Å². The number of piperidine rings is 1. The van der Waals surface area contributed by atoms with E-state index >= 15 is 0 Å². The lowest BCUT2D eigenvalue weighted by atomic mass is 9.93. The number of nitrogens with zero attached hydrogens (tertiary/aromatic N) is 1. The highest BCUT2D eigenvalue weighted by Crippen LogP contribution is 2.21. The van der Waals surface area contributed by atoms with E-state index in [-0.39, 0.29) is 11.7 Å². The topological polar surface area (TPSA) is 41.6 Å². The lowest BCUT2D eigenvalue weighted by Gasteiger charge is -2.32. The molecule has 1 heterocycles. The van der Waals surface area contributed by atoms with Crippen molar-refractivity contribution >= 4 is 5.91 Å². The number of carbonyl (C=O) groups is 1. The molecule has 1 aromatic rings. The summed E-state index contributed by atoms with van der Waals surface area (Å²) >= 11 is 0. The summed E-state index contributed by atoms with van der Waals surface area (Å²) in [7, 11) is 1.95. The number of rotatable bonds is 7. The molecule has 0 spiro atoms. The maximum absolute atomic E-state index is 12.3. The van der Waals surface area contributed by atoms with Gasteiger partial charge in [0, 0.05) is 13.1 Å². The minimum Gasteiger partial charge on any atom is -0.435 e. The molecule has 1 saturated heterocycles. The summed E-state index contributed by atoms with van der Waals surface area (Å²) in [4.78, 5) is 14.2. The molecule has 0 atom stereocenters. The molecule has 1 fully saturated rings. The van der Waals surface area contributed by atoms with Crippen LogP contribution in [0.25, 0.3) is 0 Å². The van der Waals surface area contributed by atoms with Crippen LogP contribution < -0.4 is 10.1 Å². The Kier molecular flexibility index (Phi) is 6.77. The average molecular weight is 326 g/mol. The fraction of sp³-hybridized carbons (Fsp3) is 0.588. The van der Waals surface area contributed by atoms with E-state index < -0.39 is 6.61 Å². The van der Waals surface area contributed by atoms with E-state index in [4.69, 9.17) is 0 Å². The minimum atomic E-state index is -2.83. The number of hydrogen-bond acceptors (Lipinski definition) is 3. The molecule has 1 aromatic carbocycles. The Morgan fingerprint density at radius 2 is 1.96 bits per heavy atom. The highest BCUT2D eigenvalue weighted by atomic mass is 19.3. The maximum Gasteiger partial charge on any atom is 0.387 e. The van der Waals surface area contributed by atoms with Gasteiger partial charge in [-0.2, -0.15) is 8.78 Å². The Hall–Kier alpha value is -1.69. The largest absolute Gasteiger partial charge is 0.435 e. The van der Waals surface area contributed by atoms with Gasteiger partial charge in [0.2, 0.25) is 5.91 Å². The summed E-state index contributed by atoms with van der Waals surface area (Å²) in [6.45, 7) is -0.197. The zero-order chi connectivity index (χ0) is 16.7. The monoisotopic (exact) mass is 326 g/mol. The van der Waals surface area contributed by atoms with Crippen molar-refractivity contribution < 1.29 is 18.3 Å². The fourth-order valence-corrected chi connectivity index (χ4v) is 2.89. The fourth-order valence-electron chi connectivity index (χ4n) is 2.89. The Morgan fingerprint density at radius 1 is 1.30 bits per heavy atom. The van der Waals surface area contributed by atoms with Gasteiger partial charge in [-0.15, -0.1) is 0 Å². The molecule has 128 valence electrons. The van der Waals surface area contributed by atoms with Crippen LogP contribution in [0.1, 0.15) is 24.8 Å². The summed E-state index contributed by atoms with van der Waals surface area (Å²) < 4.78 is 28.5. The second kappa shape index (κ2) is 8.82. The van der Waals surface area contributed by atoms with Crippen molar-refractivity contribution in [2.75, 3.05) is 26.7 Å². The standard InChI is InChI=1S/C17H24F2N2O2/c1-20-9-6-13-7-10-21(11-8-13)16(22)12-14-2-4-15(5-3-14)23-17(18)19/h2-5,13,17,20H,6-12H2,1H3. The molecule has 0 radical (unpaired) electrons. The number of halogens is 2. The summed E-state index contributed by atoms with van der Waals surface area (Å²) in [5, 5.41) is 3.16. The predicted molar refractivity (Wildman–Crippen MR) is 84.6 cm³/mol. The Balaban J connectivity index is 1.78. The van der Waals surface area contributed by atoms with Gasteiger partial charge < -0.3 is 15.0 Å². The number of amides is 1. The molecule has 6 heteroatoms. The van der Waals surface area contributed by atoms with E-state index in [1.165, 1.54) is 12.1 Å². The maximum atomic E-state index is 12.3.